The van der Waals surface area contributed by atoms with Gasteiger partial charge >= 0.3 is 5.97 Å². The highest BCUT2D eigenvalue weighted by Crippen LogP contribution is 2.29. The monoisotopic (exact) mass is 347 g/mol. The van der Waals surface area contributed by atoms with E-state index in [-0.39, 0.29) is 16.0 Å². The van der Waals surface area contributed by atoms with Crippen LogP contribution in [0.1, 0.15) is 26.3 Å². The first-order valence-corrected chi connectivity index (χ1v) is 8.06. The van der Waals surface area contributed by atoms with Crippen molar-refractivity contribution in [3.63, 3.8) is 0 Å². The lowest BCUT2D eigenvalue weighted by Crippen LogP contribution is -2.23. The number of fused-ring (bicyclic) bond motifs is 1. The van der Waals surface area contributed by atoms with Crippen molar-refractivity contribution in [2.45, 2.75) is 0 Å². The number of hydrogen-bond acceptors (Lipinski definition) is 3. The Balaban J connectivity index is 2.06. The lowest BCUT2D eigenvalue weighted by atomic mass is 10.0. The maximum atomic E-state index is 12.6. The normalized spacial score (nSPS) is 18.4. The number of rotatable bonds is 2. The number of aromatic carboxylic acids is 1. The molecule has 3 rings (SSSR count). The van der Waals surface area contributed by atoms with Gasteiger partial charge in [-0.05, 0) is 42.0 Å². The topological polar surface area (TPSA) is 83.5 Å². The Hall–Kier alpha value is -2.44. The van der Waals surface area contributed by atoms with Crippen LogP contribution in [0.5, 0.6) is 0 Å². The molecule has 0 radical (unpaired) electrons. The number of carbonyl (C=O) groups excluding carboxylic acids is 1. The maximum absolute atomic E-state index is 12.6. The van der Waals surface area contributed by atoms with Crippen molar-refractivity contribution in [3.05, 3.63) is 69.1 Å². The van der Waals surface area contributed by atoms with E-state index in [9.17, 15) is 13.8 Å². The molecule has 0 spiro atoms. The summed E-state index contributed by atoms with van der Waals surface area (Å²) in [6.07, 6.45) is 1.50. The Bertz CT molecular complexity index is 874. The maximum Gasteiger partial charge on any atom is 0.335 e. The van der Waals surface area contributed by atoms with Crippen LogP contribution in [0.15, 0.2) is 47.4 Å². The number of ketones is 1. The number of carbonyl (C=O) groups is 2. The largest absolute Gasteiger partial charge is 0.478 e. The first kappa shape index (κ1) is 15.5. The van der Waals surface area contributed by atoms with Crippen molar-refractivity contribution >= 4 is 46.1 Å². The van der Waals surface area contributed by atoms with Gasteiger partial charge in [-0.3, -0.25) is 4.79 Å². The predicted molar refractivity (Wildman–Crippen MR) is 88.9 cm³/mol. The summed E-state index contributed by atoms with van der Waals surface area (Å²) < 4.78 is 14.9. The first-order chi connectivity index (χ1) is 11.0. The molecule has 116 valence electrons. The Morgan fingerprint density at radius 1 is 1.17 bits per heavy atom. The fraction of sp³-hybridized carbons (Fsp3) is 0. The summed E-state index contributed by atoms with van der Waals surface area (Å²) in [6, 6.07) is 10.8. The van der Waals surface area contributed by atoms with E-state index < -0.39 is 22.7 Å². The van der Waals surface area contributed by atoms with Crippen molar-refractivity contribution in [2.75, 3.05) is 4.72 Å². The van der Waals surface area contributed by atoms with Crippen LogP contribution >= 0.6 is 11.6 Å². The molecule has 2 N–H and O–H groups in total. The van der Waals surface area contributed by atoms with Crippen molar-refractivity contribution in [1.82, 2.24) is 0 Å². The van der Waals surface area contributed by atoms with E-state index in [4.69, 9.17) is 16.7 Å². The lowest BCUT2D eigenvalue weighted by molar-refractivity contribution is 0.0697. The van der Waals surface area contributed by atoms with Crippen LogP contribution in [-0.4, -0.2) is 21.1 Å². The van der Waals surface area contributed by atoms with Crippen LogP contribution in [0, 0.1) is 0 Å². The Kier molecular flexibility index (Phi) is 4.02. The van der Waals surface area contributed by atoms with Gasteiger partial charge < -0.3 is 9.83 Å². The Labute approximate surface area is 139 Å². The quantitative estimate of drug-likeness (QED) is 0.816. The zero-order valence-corrected chi connectivity index (χ0v) is 13.1. The molecule has 0 fully saturated rings. The average Bonchev–Trinajstić information content (AvgIpc) is 2.53. The van der Waals surface area contributed by atoms with Gasteiger partial charge in [-0.2, -0.15) is 0 Å². The standard InChI is InChI=1S/C16H10ClNO4S/c17-11-4-1-9(2-5-11)7-14-15(19)12-8-10(16(20)21)3-6-13(12)18-23(14)22/h1-8,18H,(H,20,21)/b14-7-. The summed E-state index contributed by atoms with van der Waals surface area (Å²) in [5.41, 5.74) is 1.21. The second-order valence-electron chi connectivity index (χ2n) is 4.83. The van der Waals surface area contributed by atoms with Gasteiger partial charge in [-0.1, -0.05) is 23.7 Å². The third-order valence-corrected chi connectivity index (χ3v) is 4.67. The third kappa shape index (κ3) is 3.04. The van der Waals surface area contributed by atoms with Gasteiger partial charge in [0.25, 0.3) is 0 Å². The zero-order chi connectivity index (χ0) is 16.6. The van der Waals surface area contributed by atoms with Crippen LogP contribution in [0.2, 0.25) is 5.02 Å². The minimum absolute atomic E-state index is 0.00238. The van der Waals surface area contributed by atoms with Crippen molar-refractivity contribution in [3.8, 4) is 0 Å². The van der Waals surface area contributed by atoms with Gasteiger partial charge in [0.15, 0.2) is 11.0 Å². The average molecular weight is 348 g/mol. The molecule has 1 aliphatic heterocycles. The van der Waals surface area contributed by atoms with E-state index in [1.807, 2.05) is 0 Å². The number of anilines is 1. The molecule has 2 aromatic rings. The highest BCUT2D eigenvalue weighted by Gasteiger charge is 2.28. The molecular weight excluding hydrogens is 338 g/mol. The molecule has 1 atom stereocenters. The number of benzene rings is 2. The van der Waals surface area contributed by atoms with E-state index in [2.05, 4.69) is 4.72 Å². The SMILES string of the molecule is O=C(O)c1ccc2c(c1)C(=O)/C(=C/c1ccc(Cl)cc1)S(=O)N2. The molecule has 5 nitrogen and oxygen atoms in total. The molecule has 1 aliphatic rings. The van der Waals surface area contributed by atoms with E-state index in [0.29, 0.717) is 16.3 Å². The second-order valence-corrected chi connectivity index (χ2v) is 6.44. The predicted octanol–water partition coefficient (Wildman–Crippen LogP) is 3.35. The number of nitrogens with one attached hydrogen (secondary N) is 1. The molecule has 2 aromatic carbocycles. The van der Waals surface area contributed by atoms with Crippen molar-refractivity contribution in [1.29, 1.82) is 0 Å². The fourth-order valence-electron chi connectivity index (χ4n) is 2.16. The fourth-order valence-corrected chi connectivity index (χ4v) is 3.29. The van der Waals surface area contributed by atoms with Crippen LogP contribution in [0.4, 0.5) is 5.69 Å². The molecule has 0 saturated carbocycles. The summed E-state index contributed by atoms with van der Waals surface area (Å²) in [6.45, 7) is 0. The summed E-state index contributed by atoms with van der Waals surface area (Å²) in [7, 11) is -1.71. The Morgan fingerprint density at radius 3 is 2.52 bits per heavy atom. The molecule has 0 bridgehead atoms. The van der Waals surface area contributed by atoms with Crippen molar-refractivity contribution in [2.24, 2.45) is 0 Å². The number of Topliss-reactive ketones (excluding diaryl/α,β-unsaturated/α-hetero) is 1. The van der Waals surface area contributed by atoms with Crippen LogP contribution in [0.3, 0.4) is 0 Å². The number of allylic oxidation sites excluding steroid dienone is 1. The molecular formula is C16H10ClNO4S. The van der Waals surface area contributed by atoms with E-state index in [1.54, 1.807) is 24.3 Å². The number of carboxylic acids is 1. The Morgan fingerprint density at radius 2 is 1.87 bits per heavy atom. The summed E-state index contributed by atoms with van der Waals surface area (Å²) >= 11 is 5.81. The zero-order valence-electron chi connectivity index (χ0n) is 11.6. The van der Waals surface area contributed by atoms with Crippen LogP contribution < -0.4 is 4.72 Å². The number of carboxylic acid groups (broad SMARTS) is 1. The molecule has 0 amide bonds. The van der Waals surface area contributed by atoms with Gasteiger partial charge in [-0.15, -0.1) is 0 Å². The summed E-state index contributed by atoms with van der Waals surface area (Å²) in [4.78, 5) is 23.7. The summed E-state index contributed by atoms with van der Waals surface area (Å²) in [5.74, 6) is -1.59. The highest BCUT2D eigenvalue weighted by molar-refractivity contribution is 7.91. The first-order valence-electron chi connectivity index (χ1n) is 6.53. The van der Waals surface area contributed by atoms with Gasteiger partial charge in [0.05, 0.1) is 11.3 Å². The van der Waals surface area contributed by atoms with Crippen molar-refractivity contribution < 1.29 is 18.9 Å². The van der Waals surface area contributed by atoms with Gasteiger partial charge in [0.2, 0.25) is 5.78 Å². The molecule has 1 heterocycles. The van der Waals surface area contributed by atoms with E-state index >= 15 is 0 Å². The molecule has 0 aromatic heterocycles. The number of halogens is 1. The molecule has 0 saturated heterocycles. The minimum Gasteiger partial charge on any atom is -0.478 e. The highest BCUT2D eigenvalue weighted by atomic mass is 35.5. The van der Waals surface area contributed by atoms with E-state index in [0.717, 1.165) is 0 Å². The van der Waals surface area contributed by atoms with Crippen LogP contribution in [-0.2, 0) is 11.0 Å². The molecule has 0 aliphatic carbocycles. The van der Waals surface area contributed by atoms with Gasteiger partial charge in [0.1, 0.15) is 4.91 Å². The molecule has 7 heteroatoms. The minimum atomic E-state index is -1.71. The van der Waals surface area contributed by atoms with Gasteiger partial charge in [0, 0.05) is 10.6 Å². The smallest absolute Gasteiger partial charge is 0.335 e. The summed E-state index contributed by atoms with van der Waals surface area (Å²) in [5, 5.41) is 9.59. The molecule has 23 heavy (non-hydrogen) atoms. The van der Waals surface area contributed by atoms with Crippen LogP contribution in [0.25, 0.3) is 6.08 Å². The lowest BCUT2D eigenvalue weighted by Gasteiger charge is -2.19. The molecule has 1 unspecified atom stereocenters. The van der Waals surface area contributed by atoms with Gasteiger partial charge in [-0.25, -0.2) is 9.00 Å². The van der Waals surface area contributed by atoms with E-state index in [1.165, 1.54) is 24.3 Å². The number of hydrogen-bond donors (Lipinski definition) is 2. The second kappa shape index (κ2) is 5.98. The third-order valence-electron chi connectivity index (χ3n) is 3.31.